The molecular weight excluding hydrogens is 586 g/mol. The number of benzene rings is 1. The molecule has 11 nitrogen and oxygen atoms in total. The second kappa shape index (κ2) is 11.4. The molecule has 226 valence electrons. The van der Waals surface area contributed by atoms with Gasteiger partial charge in [-0.2, -0.15) is 15.7 Å². The van der Waals surface area contributed by atoms with Crippen molar-refractivity contribution >= 4 is 22.4 Å². The smallest absolute Gasteiger partial charge is 0.471 e. The van der Waals surface area contributed by atoms with Crippen molar-refractivity contribution in [3.05, 3.63) is 60.0 Å². The van der Waals surface area contributed by atoms with Crippen molar-refractivity contribution in [2.75, 3.05) is 24.6 Å². The number of amides is 2. The summed E-state index contributed by atoms with van der Waals surface area (Å²) < 4.78 is 82.6. The number of primary amides is 1. The fraction of sp³-hybridized carbons (Fsp3) is 0.385. The maximum Gasteiger partial charge on any atom is 0.573 e. The van der Waals surface area contributed by atoms with Gasteiger partial charge in [0.25, 0.3) is 5.91 Å². The molecule has 42 heavy (non-hydrogen) atoms. The van der Waals surface area contributed by atoms with Crippen LogP contribution in [0.1, 0.15) is 28.4 Å². The standard InChI is InChI=1S/C26H27F4N5O6S/c27-21-12-34(23(36)7-15-1-3-19(4-2-15)41-26(28,29)30)6-5-22(21)40-25-20(24(31)37)8-16(9-32-25)17-10-33-35(11-17)18-13-42(38,39)14-18/h1-4,8-11,18,21-22,38-39H,5-7,12-14H2,(H2,31,37)/t21-,22+/m1/s1. The average molecular weight is 614 g/mol. The van der Waals surface area contributed by atoms with Gasteiger partial charge in [-0.15, -0.1) is 13.2 Å². The van der Waals surface area contributed by atoms with E-state index in [0.717, 1.165) is 12.1 Å². The van der Waals surface area contributed by atoms with E-state index in [-0.39, 0.29) is 54.9 Å². The van der Waals surface area contributed by atoms with E-state index < -0.39 is 46.8 Å². The number of nitrogens with zero attached hydrogens (tertiary/aromatic N) is 4. The Bertz CT molecular complexity index is 1460. The number of likely N-dealkylation sites (tertiary alicyclic amines) is 1. The van der Waals surface area contributed by atoms with Crippen LogP contribution in [0.3, 0.4) is 0 Å². The molecule has 2 aliphatic rings. The fourth-order valence-corrected chi connectivity index (χ4v) is 6.21. The van der Waals surface area contributed by atoms with Crippen LogP contribution in [0.2, 0.25) is 0 Å². The zero-order valence-electron chi connectivity index (χ0n) is 21.9. The van der Waals surface area contributed by atoms with Gasteiger partial charge in [-0.25, -0.2) is 9.37 Å². The maximum atomic E-state index is 15.1. The number of hydrogen-bond donors (Lipinski definition) is 3. The zero-order valence-corrected chi connectivity index (χ0v) is 22.7. The van der Waals surface area contributed by atoms with Gasteiger partial charge < -0.3 is 20.1 Å². The van der Waals surface area contributed by atoms with Crippen molar-refractivity contribution in [2.45, 2.75) is 37.5 Å². The lowest BCUT2D eigenvalue weighted by atomic mass is 10.0. The van der Waals surface area contributed by atoms with Crippen LogP contribution in [0.5, 0.6) is 11.6 Å². The summed E-state index contributed by atoms with van der Waals surface area (Å²) in [6, 6.07) is 6.16. The summed E-state index contributed by atoms with van der Waals surface area (Å²) in [6.45, 7) is -0.137. The third-order valence-electron chi connectivity index (χ3n) is 6.95. The fourth-order valence-electron chi connectivity index (χ4n) is 4.77. The van der Waals surface area contributed by atoms with Crippen molar-refractivity contribution in [2.24, 2.45) is 5.73 Å². The van der Waals surface area contributed by atoms with Gasteiger partial charge in [0.2, 0.25) is 11.8 Å². The molecule has 2 saturated heterocycles. The van der Waals surface area contributed by atoms with E-state index in [1.165, 1.54) is 29.3 Å². The van der Waals surface area contributed by atoms with Crippen molar-refractivity contribution in [3.63, 3.8) is 0 Å². The first-order chi connectivity index (χ1) is 19.8. The molecule has 0 aliphatic carbocycles. The molecule has 2 atom stereocenters. The van der Waals surface area contributed by atoms with Crippen molar-refractivity contribution in [3.8, 4) is 22.8 Å². The number of carbonyl (C=O) groups excluding carboxylic acids is 2. The Kier molecular flexibility index (Phi) is 8.04. The van der Waals surface area contributed by atoms with Crippen LogP contribution < -0.4 is 15.2 Å². The summed E-state index contributed by atoms with van der Waals surface area (Å²) in [7, 11) is -2.54. The largest absolute Gasteiger partial charge is 0.573 e. The molecule has 0 radical (unpaired) electrons. The predicted molar refractivity (Wildman–Crippen MR) is 143 cm³/mol. The number of alkyl halides is 4. The van der Waals surface area contributed by atoms with Crippen LogP contribution in [0.4, 0.5) is 17.6 Å². The molecule has 0 bridgehead atoms. The van der Waals surface area contributed by atoms with Gasteiger partial charge in [0.05, 0.1) is 36.7 Å². The van der Waals surface area contributed by atoms with Crippen LogP contribution >= 0.6 is 10.6 Å². The molecule has 2 amide bonds. The van der Waals surface area contributed by atoms with Crippen LogP contribution in [-0.4, -0.2) is 83.8 Å². The van der Waals surface area contributed by atoms with Crippen LogP contribution in [0.25, 0.3) is 11.1 Å². The van der Waals surface area contributed by atoms with Crippen molar-refractivity contribution < 1.29 is 45.7 Å². The molecule has 0 unspecified atom stereocenters. The highest BCUT2D eigenvalue weighted by Crippen LogP contribution is 2.53. The first-order valence-electron chi connectivity index (χ1n) is 12.8. The minimum absolute atomic E-state index is 0.0678. The van der Waals surface area contributed by atoms with Gasteiger partial charge in [-0.3, -0.25) is 23.4 Å². The van der Waals surface area contributed by atoms with E-state index in [1.54, 1.807) is 17.1 Å². The SMILES string of the molecule is NC(=O)c1cc(-c2cnn(C3CS(O)(O)C3)c2)cnc1O[C@H]1CCN(C(=O)Cc2ccc(OC(F)(F)F)cc2)C[C@H]1F. The summed E-state index contributed by atoms with van der Waals surface area (Å²) >= 11 is 0. The number of carbonyl (C=O) groups is 2. The summed E-state index contributed by atoms with van der Waals surface area (Å²) in [4.78, 5) is 30.4. The Balaban J connectivity index is 1.19. The minimum atomic E-state index is -4.83. The molecule has 2 fully saturated rings. The van der Waals surface area contributed by atoms with Gasteiger partial charge in [0, 0.05) is 36.5 Å². The van der Waals surface area contributed by atoms with E-state index in [1.807, 2.05) is 0 Å². The van der Waals surface area contributed by atoms with Gasteiger partial charge in [0.1, 0.15) is 17.4 Å². The number of pyridine rings is 1. The Morgan fingerprint density at radius 1 is 1.12 bits per heavy atom. The molecule has 0 saturated carbocycles. The molecule has 0 spiro atoms. The second-order valence-corrected chi connectivity index (χ2v) is 12.4. The highest BCUT2D eigenvalue weighted by Gasteiger charge is 2.36. The monoisotopic (exact) mass is 613 g/mol. The van der Waals surface area contributed by atoms with Gasteiger partial charge in [0.15, 0.2) is 6.17 Å². The molecular formula is C26H27F4N5O6S. The summed E-state index contributed by atoms with van der Waals surface area (Å²) in [5.74, 6) is -1.38. The molecule has 4 N–H and O–H groups in total. The molecule has 2 aromatic heterocycles. The van der Waals surface area contributed by atoms with Crippen molar-refractivity contribution in [1.82, 2.24) is 19.7 Å². The lowest BCUT2D eigenvalue weighted by Crippen LogP contribution is -2.49. The topological polar surface area (TPSA) is 153 Å². The van der Waals surface area contributed by atoms with Gasteiger partial charge in [-0.05, 0) is 23.8 Å². The summed E-state index contributed by atoms with van der Waals surface area (Å²) in [6.07, 6.45) is -2.83. The number of ether oxygens (including phenoxy) is 2. The minimum Gasteiger partial charge on any atom is -0.471 e. The number of hydrogen-bond acceptors (Lipinski definition) is 8. The lowest BCUT2D eigenvalue weighted by Gasteiger charge is -2.46. The van der Waals surface area contributed by atoms with Crippen LogP contribution in [-0.2, 0) is 11.2 Å². The molecule has 2 aliphatic heterocycles. The number of halogens is 4. The van der Waals surface area contributed by atoms with E-state index in [0.29, 0.717) is 16.7 Å². The first kappa shape index (κ1) is 29.6. The molecule has 1 aromatic carbocycles. The molecule has 5 rings (SSSR count). The van der Waals surface area contributed by atoms with Crippen LogP contribution in [0.15, 0.2) is 48.9 Å². The Morgan fingerprint density at radius 2 is 1.83 bits per heavy atom. The predicted octanol–water partition coefficient (Wildman–Crippen LogP) is 3.81. The maximum absolute atomic E-state index is 15.1. The third kappa shape index (κ3) is 6.94. The zero-order chi connectivity index (χ0) is 30.2. The highest BCUT2D eigenvalue weighted by atomic mass is 32.3. The van der Waals surface area contributed by atoms with Gasteiger partial charge in [-0.1, -0.05) is 12.1 Å². The quantitative estimate of drug-likeness (QED) is 0.325. The Morgan fingerprint density at radius 3 is 2.45 bits per heavy atom. The summed E-state index contributed by atoms with van der Waals surface area (Å²) in [5.41, 5.74) is 7.03. The van der Waals surface area contributed by atoms with E-state index in [4.69, 9.17) is 10.5 Å². The summed E-state index contributed by atoms with van der Waals surface area (Å²) in [5, 5.41) is 4.25. The Hall–Kier alpha value is -3.89. The number of aromatic nitrogens is 3. The molecule has 3 aromatic rings. The molecule has 4 heterocycles. The second-order valence-electron chi connectivity index (χ2n) is 10.1. The Labute approximate surface area is 238 Å². The number of piperidine rings is 1. The van der Waals surface area contributed by atoms with Crippen LogP contribution in [0, 0.1) is 0 Å². The van der Waals surface area contributed by atoms with Gasteiger partial charge >= 0.3 is 6.36 Å². The average Bonchev–Trinajstić information content (AvgIpc) is 3.39. The van der Waals surface area contributed by atoms with E-state index in [2.05, 4.69) is 14.8 Å². The highest BCUT2D eigenvalue weighted by molar-refractivity contribution is 8.25. The molecule has 16 heteroatoms. The van der Waals surface area contributed by atoms with E-state index in [9.17, 15) is 31.9 Å². The normalized spacial score (nSPS) is 21.3. The number of nitrogens with two attached hydrogens (primary N) is 1. The first-order valence-corrected chi connectivity index (χ1v) is 14.7. The van der Waals surface area contributed by atoms with E-state index >= 15 is 4.39 Å². The van der Waals surface area contributed by atoms with Crippen molar-refractivity contribution in [1.29, 1.82) is 0 Å². The third-order valence-corrected chi connectivity index (χ3v) is 8.79. The lowest BCUT2D eigenvalue weighted by molar-refractivity contribution is -0.274. The number of rotatable bonds is 8.